The molecule has 0 bridgehead atoms. The Hall–Kier alpha value is -1.66. The summed E-state index contributed by atoms with van der Waals surface area (Å²) in [5, 5.41) is 19.2. The fourth-order valence-electron chi connectivity index (χ4n) is 1.17. The summed E-state index contributed by atoms with van der Waals surface area (Å²) in [5.41, 5.74) is 5.52. The number of carbonyl (C=O) groups is 1. The standard InChI is InChI=1S/C9H9ClN2O4/c10-6-2-1-5(3-7(11)9(13)14)4-8(6)12(15)16/h1-2,4,7H,3,11H2,(H,13,14)/t7-/m0/s1. The van der Waals surface area contributed by atoms with Gasteiger partial charge in [-0.2, -0.15) is 0 Å². The second-order valence-electron chi connectivity index (χ2n) is 3.19. The molecule has 86 valence electrons. The second kappa shape index (κ2) is 4.91. The number of nitro groups is 1. The lowest BCUT2D eigenvalue weighted by atomic mass is 10.1. The van der Waals surface area contributed by atoms with Crippen LogP contribution >= 0.6 is 11.6 Å². The van der Waals surface area contributed by atoms with Crippen molar-refractivity contribution in [1.82, 2.24) is 0 Å². The van der Waals surface area contributed by atoms with E-state index in [0.29, 0.717) is 5.56 Å². The molecule has 1 rings (SSSR count). The number of nitrogens with zero attached hydrogens (tertiary/aromatic N) is 1. The molecule has 1 aromatic rings. The van der Waals surface area contributed by atoms with Crippen LogP contribution in [-0.2, 0) is 11.2 Å². The van der Waals surface area contributed by atoms with Gasteiger partial charge in [-0.05, 0) is 18.1 Å². The number of nitrogens with two attached hydrogens (primary N) is 1. The molecule has 0 aliphatic carbocycles. The quantitative estimate of drug-likeness (QED) is 0.611. The van der Waals surface area contributed by atoms with E-state index in [4.69, 9.17) is 22.4 Å². The topological polar surface area (TPSA) is 106 Å². The lowest BCUT2D eigenvalue weighted by molar-refractivity contribution is -0.384. The SMILES string of the molecule is N[C@@H](Cc1ccc(Cl)c([N+](=O)[O-])c1)C(=O)O. The molecule has 0 heterocycles. The first kappa shape index (κ1) is 12.4. The van der Waals surface area contributed by atoms with Gasteiger partial charge in [-0.1, -0.05) is 17.7 Å². The summed E-state index contributed by atoms with van der Waals surface area (Å²) in [4.78, 5) is 20.4. The first-order valence-corrected chi connectivity index (χ1v) is 4.71. The number of carboxylic acids is 1. The summed E-state index contributed by atoms with van der Waals surface area (Å²) in [7, 11) is 0. The van der Waals surface area contributed by atoms with Gasteiger partial charge in [0.1, 0.15) is 11.1 Å². The molecule has 0 unspecified atom stereocenters. The third kappa shape index (κ3) is 2.91. The third-order valence-electron chi connectivity index (χ3n) is 1.98. The number of aliphatic carboxylic acids is 1. The van der Waals surface area contributed by atoms with E-state index in [-0.39, 0.29) is 17.1 Å². The maximum Gasteiger partial charge on any atom is 0.320 e. The van der Waals surface area contributed by atoms with Crippen LogP contribution in [-0.4, -0.2) is 22.0 Å². The van der Waals surface area contributed by atoms with Crippen molar-refractivity contribution in [3.05, 3.63) is 38.9 Å². The second-order valence-corrected chi connectivity index (χ2v) is 3.60. The fourth-order valence-corrected chi connectivity index (χ4v) is 1.35. The molecule has 1 aromatic carbocycles. The highest BCUT2D eigenvalue weighted by atomic mass is 35.5. The van der Waals surface area contributed by atoms with E-state index in [0.717, 1.165) is 0 Å². The van der Waals surface area contributed by atoms with Gasteiger partial charge in [-0.15, -0.1) is 0 Å². The lowest BCUT2D eigenvalue weighted by Gasteiger charge is -2.06. The Labute approximate surface area is 95.8 Å². The number of rotatable bonds is 4. The summed E-state index contributed by atoms with van der Waals surface area (Å²) >= 11 is 5.60. The van der Waals surface area contributed by atoms with Crippen LogP contribution in [0.3, 0.4) is 0 Å². The van der Waals surface area contributed by atoms with Crippen molar-refractivity contribution in [2.75, 3.05) is 0 Å². The highest BCUT2D eigenvalue weighted by molar-refractivity contribution is 6.32. The number of nitro benzene ring substituents is 1. The Morgan fingerprint density at radius 3 is 2.75 bits per heavy atom. The smallest absolute Gasteiger partial charge is 0.320 e. The Bertz CT molecular complexity index is 436. The van der Waals surface area contributed by atoms with Crippen molar-refractivity contribution in [2.45, 2.75) is 12.5 Å². The van der Waals surface area contributed by atoms with Crippen LogP contribution in [0.25, 0.3) is 0 Å². The molecular formula is C9H9ClN2O4. The van der Waals surface area contributed by atoms with E-state index in [2.05, 4.69) is 0 Å². The van der Waals surface area contributed by atoms with Crippen LogP contribution in [0.5, 0.6) is 0 Å². The normalized spacial score (nSPS) is 12.1. The van der Waals surface area contributed by atoms with Crippen LogP contribution in [0.15, 0.2) is 18.2 Å². The zero-order valence-electron chi connectivity index (χ0n) is 8.09. The van der Waals surface area contributed by atoms with E-state index in [1.807, 2.05) is 0 Å². The molecule has 0 radical (unpaired) electrons. The van der Waals surface area contributed by atoms with E-state index >= 15 is 0 Å². The summed E-state index contributed by atoms with van der Waals surface area (Å²) in [6.07, 6.45) is 0.0212. The maximum atomic E-state index is 10.6. The van der Waals surface area contributed by atoms with Crippen molar-refractivity contribution in [2.24, 2.45) is 5.73 Å². The lowest BCUT2D eigenvalue weighted by Crippen LogP contribution is -2.32. The van der Waals surface area contributed by atoms with Crippen LogP contribution in [0, 0.1) is 10.1 Å². The number of benzene rings is 1. The van der Waals surface area contributed by atoms with Crippen LogP contribution in [0.4, 0.5) is 5.69 Å². The van der Waals surface area contributed by atoms with Crippen LogP contribution < -0.4 is 5.73 Å². The average Bonchev–Trinajstić information content (AvgIpc) is 2.20. The van der Waals surface area contributed by atoms with Gasteiger partial charge in [0.2, 0.25) is 0 Å². The van der Waals surface area contributed by atoms with Gasteiger partial charge in [0.15, 0.2) is 0 Å². The van der Waals surface area contributed by atoms with Gasteiger partial charge < -0.3 is 10.8 Å². The first-order chi connectivity index (χ1) is 7.41. The predicted molar refractivity (Wildman–Crippen MR) is 57.4 cm³/mol. The van der Waals surface area contributed by atoms with Gasteiger partial charge in [0.05, 0.1) is 4.92 Å². The van der Waals surface area contributed by atoms with Crippen molar-refractivity contribution in [3.8, 4) is 0 Å². The van der Waals surface area contributed by atoms with Gasteiger partial charge in [-0.3, -0.25) is 14.9 Å². The zero-order chi connectivity index (χ0) is 12.3. The Morgan fingerprint density at radius 1 is 1.62 bits per heavy atom. The molecule has 0 aliphatic rings. The highest BCUT2D eigenvalue weighted by Gasteiger charge is 2.16. The first-order valence-electron chi connectivity index (χ1n) is 4.33. The summed E-state index contributed by atoms with van der Waals surface area (Å²) in [5.74, 6) is -1.15. The van der Waals surface area contributed by atoms with Crippen molar-refractivity contribution in [3.63, 3.8) is 0 Å². The van der Waals surface area contributed by atoms with Crippen molar-refractivity contribution in [1.29, 1.82) is 0 Å². The van der Waals surface area contributed by atoms with E-state index < -0.39 is 16.9 Å². The summed E-state index contributed by atoms with van der Waals surface area (Å²) < 4.78 is 0. The summed E-state index contributed by atoms with van der Waals surface area (Å²) in [6, 6.07) is 3.01. The molecular weight excluding hydrogens is 236 g/mol. The molecule has 0 fully saturated rings. The Kier molecular flexibility index (Phi) is 3.81. The molecule has 0 aromatic heterocycles. The minimum Gasteiger partial charge on any atom is -0.480 e. The van der Waals surface area contributed by atoms with Crippen LogP contribution in [0.2, 0.25) is 5.02 Å². The number of hydrogen-bond donors (Lipinski definition) is 2. The van der Waals surface area contributed by atoms with Crippen molar-refractivity contribution < 1.29 is 14.8 Å². The monoisotopic (exact) mass is 244 g/mol. The average molecular weight is 245 g/mol. The highest BCUT2D eigenvalue weighted by Crippen LogP contribution is 2.25. The van der Waals surface area contributed by atoms with Crippen molar-refractivity contribution >= 4 is 23.3 Å². The Balaban J connectivity index is 2.95. The molecule has 0 aliphatic heterocycles. The molecule has 6 nitrogen and oxygen atoms in total. The molecule has 0 spiro atoms. The number of halogens is 1. The fraction of sp³-hybridized carbons (Fsp3) is 0.222. The van der Waals surface area contributed by atoms with Gasteiger partial charge >= 0.3 is 5.97 Å². The van der Waals surface area contributed by atoms with E-state index in [1.165, 1.54) is 18.2 Å². The van der Waals surface area contributed by atoms with Crippen LogP contribution in [0.1, 0.15) is 5.56 Å². The largest absolute Gasteiger partial charge is 0.480 e. The van der Waals surface area contributed by atoms with Gasteiger partial charge in [-0.25, -0.2) is 0 Å². The molecule has 0 saturated carbocycles. The van der Waals surface area contributed by atoms with E-state index in [9.17, 15) is 14.9 Å². The molecule has 1 atom stereocenters. The zero-order valence-corrected chi connectivity index (χ0v) is 8.85. The third-order valence-corrected chi connectivity index (χ3v) is 2.30. The number of carboxylic acid groups (broad SMARTS) is 1. The Morgan fingerprint density at radius 2 is 2.25 bits per heavy atom. The molecule has 0 saturated heterocycles. The molecule has 7 heteroatoms. The summed E-state index contributed by atoms with van der Waals surface area (Å²) in [6.45, 7) is 0. The minimum absolute atomic E-state index is 0.0117. The van der Waals surface area contributed by atoms with Gasteiger partial charge in [0, 0.05) is 6.07 Å². The van der Waals surface area contributed by atoms with Gasteiger partial charge in [0.25, 0.3) is 5.69 Å². The minimum atomic E-state index is -1.15. The molecule has 16 heavy (non-hydrogen) atoms. The number of hydrogen-bond acceptors (Lipinski definition) is 4. The maximum absolute atomic E-state index is 10.6. The van der Waals surface area contributed by atoms with E-state index in [1.54, 1.807) is 0 Å². The molecule has 3 N–H and O–H groups in total. The predicted octanol–water partition coefficient (Wildman–Crippen LogP) is 1.20. The molecule has 0 amide bonds.